The average molecular weight is 129 g/mol. The highest BCUT2D eigenvalue weighted by Crippen LogP contribution is 1.88. The quantitative estimate of drug-likeness (QED) is 0.614. The summed E-state index contributed by atoms with van der Waals surface area (Å²) in [6.07, 6.45) is 2.32. The van der Waals surface area contributed by atoms with Crippen molar-refractivity contribution < 1.29 is 9.90 Å². The third-order valence-electron chi connectivity index (χ3n) is 0.915. The van der Waals surface area contributed by atoms with E-state index in [1.54, 1.807) is 19.9 Å². The molecule has 0 aromatic rings. The molecular formula is C6H11NO2. The third-order valence-corrected chi connectivity index (χ3v) is 0.915. The van der Waals surface area contributed by atoms with E-state index in [-0.39, 0.29) is 0 Å². The van der Waals surface area contributed by atoms with Gasteiger partial charge in [-0.2, -0.15) is 0 Å². The first-order valence-electron chi connectivity index (χ1n) is 2.84. The van der Waals surface area contributed by atoms with Crippen LogP contribution in [-0.2, 0) is 0 Å². The first kappa shape index (κ1) is 8.01. The molecule has 1 N–H and O–H groups in total. The van der Waals surface area contributed by atoms with Gasteiger partial charge in [-0.25, -0.2) is 4.79 Å². The van der Waals surface area contributed by atoms with E-state index in [9.17, 15) is 4.79 Å². The Balaban J connectivity index is 3.83. The fraction of sp³-hybridized carbons (Fsp3) is 0.500. The van der Waals surface area contributed by atoms with Gasteiger partial charge in [0.1, 0.15) is 0 Å². The van der Waals surface area contributed by atoms with Gasteiger partial charge in [0.2, 0.25) is 0 Å². The van der Waals surface area contributed by atoms with Crippen molar-refractivity contribution in [2.45, 2.75) is 13.8 Å². The molecule has 0 fully saturated rings. The summed E-state index contributed by atoms with van der Waals surface area (Å²) in [6.45, 7) is 4.07. The molecule has 0 atom stereocenters. The number of carboxylic acid groups (broad SMARTS) is 1. The summed E-state index contributed by atoms with van der Waals surface area (Å²) in [5, 5.41) is 8.38. The molecule has 0 saturated carbocycles. The lowest BCUT2D eigenvalue weighted by Crippen LogP contribution is -2.22. The van der Waals surface area contributed by atoms with Crippen LogP contribution >= 0.6 is 0 Å². The van der Waals surface area contributed by atoms with E-state index in [4.69, 9.17) is 5.11 Å². The second-order valence-corrected chi connectivity index (χ2v) is 1.55. The van der Waals surface area contributed by atoms with Gasteiger partial charge in [0.15, 0.2) is 0 Å². The molecule has 0 aromatic heterocycles. The smallest absolute Gasteiger partial charge is 0.411 e. The van der Waals surface area contributed by atoms with Crippen LogP contribution < -0.4 is 0 Å². The van der Waals surface area contributed by atoms with Crippen LogP contribution in [0.5, 0.6) is 0 Å². The van der Waals surface area contributed by atoms with Crippen LogP contribution in [0.2, 0.25) is 0 Å². The minimum absolute atomic E-state index is 0.500. The van der Waals surface area contributed by atoms with Crippen molar-refractivity contribution in [3.8, 4) is 0 Å². The summed E-state index contributed by atoms with van der Waals surface area (Å²) < 4.78 is 0. The second kappa shape index (κ2) is 3.95. The van der Waals surface area contributed by atoms with E-state index >= 15 is 0 Å². The molecule has 0 aliphatic carbocycles. The highest BCUT2D eigenvalue weighted by atomic mass is 16.4. The standard InChI is InChI=1S/C6H11NO2/c1-3-5-7(4-2)6(8)9/h3,5H,4H2,1-2H3,(H,8,9). The van der Waals surface area contributed by atoms with Gasteiger partial charge in [-0.05, 0) is 13.8 Å². The maximum atomic E-state index is 10.2. The number of allylic oxidation sites excluding steroid dienone is 1. The van der Waals surface area contributed by atoms with Crippen LogP contribution in [0.4, 0.5) is 4.79 Å². The first-order valence-corrected chi connectivity index (χ1v) is 2.84. The van der Waals surface area contributed by atoms with Crippen molar-refractivity contribution in [1.82, 2.24) is 4.90 Å². The molecule has 0 aliphatic rings. The van der Waals surface area contributed by atoms with Gasteiger partial charge in [-0.1, -0.05) is 6.08 Å². The monoisotopic (exact) mass is 129 g/mol. The molecule has 52 valence electrons. The molecular weight excluding hydrogens is 118 g/mol. The zero-order valence-corrected chi connectivity index (χ0v) is 5.66. The van der Waals surface area contributed by atoms with Gasteiger partial charge in [-0.15, -0.1) is 0 Å². The molecule has 0 spiro atoms. The molecule has 9 heavy (non-hydrogen) atoms. The van der Waals surface area contributed by atoms with Crippen LogP contribution in [0, 0.1) is 0 Å². The van der Waals surface area contributed by atoms with Gasteiger partial charge in [0.05, 0.1) is 0 Å². The molecule has 0 rings (SSSR count). The van der Waals surface area contributed by atoms with E-state index in [2.05, 4.69) is 0 Å². The Labute approximate surface area is 54.6 Å². The largest absolute Gasteiger partial charge is 0.465 e. The van der Waals surface area contributed by atoms with Gasteiger partial charge >= 0.3 is 6.09 Å². The lowest BCUT2D eigenvalue weighted by molar-refractivity contribution is 0.165. The number of hydrogen-bond donors (Lipinski definition) is 1. The van der Waals surface area contributed by atoms with Crippen LogP contribution in [0.15, 0.2) is 12.3 Å². The Kier molecular flexibility index (Phi) is 3.51. The number of nitrogens with zero attached hydrogens (tertiary/aromatic N) is 1. The van der Waals surface area contributed by atoms with E-state index in [1.807, 2.05) is 0 Å². The van der Waals surface area contributed by atoms with Crippen molar-refractivity contribution >= 4 is 6.09 Å². The second-order valence-electron chi connectivity index (χ2n) is 1.55. The fourth-order valence-corrected chi connectivity index (χ4v) is 0.484. The topological polar surface area (TPSA) is 40.5 Å². The molecule has 3 heteroatoms. The van der Waals surface area contributed by atoms with Crippen molar-refractivity contribution in [2.24, 2.45) is 0 Å². The molecule has 3 nitrogen and oxygen atoms in total. The predicted octanol–water partition coefficient (Wildman–Crippen LogP) is 1.52. The number of amides is 1. The molecule has 0 saturated heterocycles. The molecule has 0 unspecified atom stereocenters. The summed E-state index contributed by atoms with van der Waals surface area (Å²) in [4.78, 5) is 11.4. The third kappa shape index (κ3) is 2.74. The Morgan fingerprint density at radius 3 is 2.44 bits per heavy atom. The normalized spacial score (nSPS) is 10.0. The average Bonchev–Trinajstić information content (AvgIpc) is 1.82. The van der Waals surface area contributed by atoms with Crippen LogP contribution in [-0.4, -0.2) is 22.6 Å². The highest BCUT2D eigenvalue weighted by Gasteiger charge is 2.01. The lowest BCUT2D eigenvalue weighted by atomic mass is 10.6. The van der Waals surface area contributed by atoms with Gasteiger partial charge in [0.25, 0.3) is 0 Å². The van der Waals surface area contributed by atoms with Crippen molar-refractivity contribution in [2.75, 3.05) is 6.54 Å². The first-order chi connectivity index (χ1) is 4.22. The van der Waals surface area contributed by atoms with Gasteiger partial charge in [-0.3, -0.25) is 4.90 Å². The van der Waals surface area contributed by atoms with Crippen LogP contribution in [0.1, 0.15) is 13.8 Å². The minimum Gasteiger partial charge on any atom is -0.465 e. The molecule has 0 heterocycles. The molecule has 0 radical (unpaired) electrons. The lowest BCUT2D eigenvalue weighted by Gasteiger charge is -2.09. The van der Waals surface area contributed by atoms with E-state index in [0.29, 0.717) is 6.54 Å². The zero-order chi connectivity index (χ0) is 7.28. The summed E-state index contributed by atoms with van der Waals surface area (Å²) in [5.74, 6) is 0. The number of hydrogen-bond acceptors (Lipinski definition) is 1. The Morgan fingerprint density at radius 1 is 1.78 bits per heavy atom. The van der Waals surface area contributed by atoms with Crippen LogP contribution in [0.25, 0.3) is 0 Å². The molecule has 0 aromatic carbocycles. The molecule has 1 amide bonds. The predicted molar refractivity (Wildman–Crippen MR) is 35.2 cm³/mol. The summed E-state index contributed by atoms with van der Waals surface area (Å²) in [7, 11) is 0. The Morgan fingerprint density at radius 2 is 2.33 bits per heavy atom. The number of rotatable bonds is 2. The van der Waals surface area contributed by atoms with Crippen LogP contribution in [0.3, 0.4) is 0 Å². The Hall–Kier alpha value is -0.990. The SMILES string of the molecule is CC=CN(CC)C(=O)O. The van der Waals surface area contributed by atoms with Crippen molar-refractivity contribution in [3.63, 3.8) is 0 Å². The summed E-state index contributed by atoms with van der Waals surface area (Å²) >= 11 is 0. The fourth-order valence-electron chi connectivity index (χ4n) is 0.484. The number of carbonyl (C=O) groups is 1. The van der Waals surface area contributed by atoms with Gasteiger partial charge in [0, 0.05) is 12.7 Å². The summed E-state index contributed by atoms with van der Waals surface area (Å²) in [5.41, 5.74) is 0. The maximum absolute atomic E-state index is 10.2. The Bertz CT molecular complexity index is 120. The summed E-state index contributed by atoms with van der Waals surface area (Å²) in [6, 6.07) is 0. The minimum atomic E-state index is -0.907. The molecule has 0 aliphatic heterocycles. The highest BCUT2D eigenvalue weighted by molar-refractivity contribution is 5.66. The van der Waals surface area contributed by atoms with E-state index in [0.717, 1.165) is 0 Å². The van der Waals surface area contributed by atoms with Gasteiger partial charge < -0.3 is 5.11 Å². The van der Waals surface area contributed by atoms with E-state index in [1.165, 1.54) is 11.1 Å². The van der Waals surface area contributed by atoms with E-state index < -0.39 is 6.09 Å². The maximum Gasteiger partial charge on any atom is 0.411 e. The zero-order valence-electron chi connectivity index (χ0n) is 5.66. The van der Waals surface area contributed by atoms with Crippen molar-refractivity contribution in [1.29, 1.82) is 0 Å². The van der Waals surface area contributed by atoms with Crippen molar-refractivity contribution in [3.05, 3.63) is 12.3 Å². The molecule has 0 bridgehead atoms.